The van der Waals surface area contributed by atoms with E-state index in [0.717, 1.165) is 5.56 Å². The fourth-order valence-corrected chi connectivity index (χ4v) is 1.57. The lowest BCUT2D eigenvalue weighted by atomic mass is 10.0. The lowest BCUT2D eigenvalue weighted by molar-refractivity contribution is 0.172. The van der Waals surface area contributed by atoms with Gasteiger partial charge in [0, 0.05) is 0 Å². The van der Waals surface area contributed by atoms with Crippen LogP contribution in [0.15, 0.2) is 18.2 Å². The Labute approximate surface area is 112 Å². The highest BCUT2D eigenvalue weighted by atomic mass is 35.5. The Bertz CT molecular complexity index is 431. The van der Waals surface area contributed by atoms with Crippen LogP contribution >= 0.6 is 11.6 Å². The molecule has 2 amide bonds. The second kappa shape index (κ2) is 6.07. The van der Waals surface area contributed by atoms with E-state index < -0.39 is 5.54 Å². The molecule has 4 nitrogen and oxygen atoms in total. The number of anilines is 1. The summed E-state index contributed by atoms with van der Waals surface area (Å²) >= 11 is 5.99. The number of aliphatic hydroxyl groups excluding tert-OH is 1. The Kier molecular flexibility index (Phi) is 4.99. The minimum atomic E-state index is -0.625. The third-order valence-electron chi connectivity index (χ3n) is 2.91. The van der Waals surface area contributed by atoms with Crippen molar-refractivity contribution in [3.05, 3.63) is 28.8 Å². The van der Waals surface area contributed by atoms with Gasteiger partial charge in [0.2, 0.25) is 0 Å². The molecule has 0 spiro atoms. The number of hydrogen-bond acceptors (Lipinski definition) is 2. The van der Waals surface area contributed by atoms with E-state index in [1.54, 1.807) is 19.1 Å². The summed E-state index contributed by atoms with van der Waals surface area (Å²) in [4.78, 5) is 11.8. The van der Waals surface area contributed by atoms with Crippen molar-refractivity contribution in [2.45, 2.75) is 32.7 Å². The molecular formula is C13H19ClN2O2. The first-order valence-electron chi connectivity index (χ1n) is 5.86. The number of aryl methyl sites for hydroxylation is 1. The predicted octanol–water partition coefficient (Wildman–Crippen LogP) is 2.93. The third-order valence-corrected chi connectivity index (χ3v) is 3.24. The highest BCUT2D eigenvalue weighted by molar-refractivity contribution is 6.33. The number of nitrogens with one attached hydrogen (secondary N) is 2. The molecule has 0 saturated carbocycles. The first-order chi connectivity index (χ1) is 8.40. The normalized spacial score (nSPS) is 13.8. The molecule has 0 aliphatic heterocycles. The van der Waals surface area contributed by atoms with Crippen LogP contribution < -0.4 is 10.6 Å². The quantitative estimate of drug-likeness (QED) is 0.788. The van der Waals surface area contributed by atoms with E-state index in [4.69, 9.17) is 11.6 Å². The average Bonchev–Trinajstić information content (AvgIpc) is 2.33. The number of rotatable bonds is 4. The molecule has 1 atom stereocenters. The first-order valence-corrected chi connectivity index (χ1v) is 6.24. The molecule has 0 fully saturated rings. The van der Waals surface area contributed by atoms with E-state index in [1.807, 2.05) is 19.9 Å². The van der Waals surface area contributed by atoms with Crippen molar-refractivity contribution < 1.29 is 9.90 Å². The van der Waals surface area contributed by atoms with Gasteiger partial charge < -0.3 is 15.7 Å². The monoisotopic (exact) mass is 270 g/mol. The van der Waals surface area contributed by atoms with Crippen molar-refractivity contribution in [2.24, 2.45) is 0 Å². The van der Waals surface area contributed by atoms with Gasteiger partial charge in [-0.25, -0.2) is 4.79 Å². The van der Waals surface area contributed by atoms with Crippen LogP contribution in [0.5, 0.6) is 0 Å². The average molecular weight is 271 g/mol. The Morgan fingerprint density at radius 2 is 2.17 bits per heavy atom. The Morgan fingerprint density at radius 3 is 2.72 bits per heavy atom. The van der Waals surface area contributed by atoms with Crippen LogP contribution in [-0.4, -0.2) is 23.3 Å². The fraction of sp³-hybridized carbons (Fsp3) is 0.462. The van der Waals surface area contributed by atoms with Crippen LogP contribution in [0.1, 0.15) is 25.8 Å². The largest absolute Gasteiger partial charge is 0.394 e. The molecule has 100 valence electrons. The molecule has 0 radical (unpaired) electrons. The Balaban J connectivity index is 2.73. The van der Waals surface area contributed by atoms with E-state index >= 15 is 0 Å². The molecule has 3 N–H and O–H groups in total. The van der Waals surface area contributed by atoms with E-state index in [1.165, 1.54) is 0 Å². The summed E-state index contributed by atoms with van der Waals surface area (Å²) in [5.74, 6) is 0. The molecule has 1 rings (SSSR count). The molecule has 18 heavy (non-hydrogen) atoms. The van der Waals surface area contributed by atoms with E-state index in [-0.39, 0.29) is 12.6 Å². The number of urea groups is 1. The van der Waals surface area contributed by atoms with Gasteiger partial charge in [0.1, 0.15) is 0 Å². The lowest BCUT2D eigenvalue weighted by Gasteiger charge is -2.27. The smallest absolute Gasteiger partial charge is 0.319 e. The van der Waals surface area contributed by atoms with Gasteiger partial charge in [-0.15, -0.1) is 0 Å². The number of benzene rings is 1. The number of halogens is 1. The van der Waals surface area contributed by atoms with Crippen LogP contribution in [0.25, 0.3) is 0 Å². The van der Waals surface area contributed by atoms with Gasteiger partial charge in [-0.2, -0.15) is 0 Å². The third kappa shape index (κ3) is 3.89. The molecular weight excluding hydrogens is 252 g/mol. The van der Waals surface area contributed by atoms with Crippen LogP contribution in [0.2, 0.25) is 5.02 Å². The second-order valence-corrected chi connectivity index (χ2v) is 5.04. The maximum Gasteiger partial charge on any atom is 0.319 e. The summed E-state index contributed by atoms with van der Waals surface area (Å²) in [5, 5.41) is 15.1. The number of carbonyl (C=O) groups excluding carboxylic acids is 1. The first kappa shape index (κ1) is 14.8. The zero-order valence-electron chi connectivity index (χ0n) is 10.9. The second-order valence-electron chi connectivity index (χ2n) is 4.63. The van der Waals surface area contributed by atoms with Crippen LogP contribution in [0.4, 0.5) is 10.5 Å². The van der Waals surface area contributed by atoms with Crippen molar-refractivity contribution in [1.82, 2.24) is 5.32 Å². The molecule has 0 heterocycles. The summed E-state index contributed by atoms with van der Waals surface area (Å²) in [5.41, 5.74) is 0.945. The standard InChI is InChI=1S/C13H19ClN2O2/c1-4-13(3,8-17)16-12(18)15-11-7-9(2)5-6-10(11)14/h5-7,17H,4,8H2,1-3H3,(H2,15,16,18). The van der Waals surface area contributed by atoms with E-state index in [2.05, 4.69) is 10.6 Å². The lowest BCUT2D eigenvalue weighted by Crippen LogP contribution is -2.50. The summed E-state index contributed by atoms with van der Waals surface area (Å²) in [6.07, 6.45) is 0.637. The number of aliphatic hydroxyl groups is 1. The minimum Gasteiger partial charge on any atom is -0.394 e. The van der Waals surface area contributed by atoms with Crippen molar-refractivity contribution in [3.63, 3.8) is 0 Å². The van der Waals surface area contributed by atoms with Crippen molar-refractivity contribution in [3.8, 4) is 0 Å². The molecule has 1 aromatic carbocycles. The SMILES string of the molecule is CCC(C)(CO)NC(=O)Nc1cc(C)ccc1Cl. The number of hydrogen-bond donors (Lipinski definition) is 3. The molecule has 1 aromatic rings. The fourth-order valence-electron chi connectivity index (χ4n) is 1.40. The zero-order valence-corrected chi connectivity index (χ0v) is 11.6. The molecule has 0 saturated heterocycles. The highest BCUT2D eigenvalue weighted by Gasteiger charge is 2.23. The summed E-state index contributed by atoms with van der Waals surface area (Å²) in [6.45, 7) is 5.49. The van der Waals surface area contributed by atoms with Crippen LogP contribution in [0, 0.1) is 6.92 Å². The number of carbonyl (C=O) groups is 1. The maximum absolute atomic E-state index is 11.8. The van der Waals surface area contributed by atoms with Crippen molar-refractivity contribution in [1.29, 1.82) is 0 Å². The molecule has 0 bridgehead atoms. The maximum atomic E-state index is 11.8. The minimum absolute atomic E-state index is 0.113. The van der Waals surface area contributed by atoms with Gasteiger partial charge in [0.15, 0.2) is 0 Å². The van der Waals surface area contributed by atoms with Gasteiger partial charge in [-0.1, -0.05) is 24.6 Å². The molecule has 1 unspecified atom stereocenters. The summed E-state index contributed by atoms with van der Waals surface area (Å²) in [6, 6.07) is 5.03. The van der Waals surface area contributed by atoms with Crippen molar-refractivity contribution >= 4 is 23.3 Å². The molecule has 0 aliphatic carbocycles. The highest BCUT2D eigenvalue weighted by Crippen LogP contribution is 2.22. The predicted molar refractivity (Wildman–Crippen MR) is 74.1 cm³/mol. The van der Waals surface area contributed by atoms with Crippen LogP contribution in [0.3, 0.4) is 0 Å². The van der Waals surface area contributed by atoms with Gasteiger partial charge in [0.05, 0.1) is 22.9 Å². The Morgan fingerprint density at radius 1 is 1.50 bits per heavy atom. The van der Waals surface area contributed by atoms with Crippen molar-refractivity contribution in [2.75, 3.05) is 11.9 Å². The van der Waals surface area contributed by atoms with Gasteiger partial charge in [-0.3, -0.25) is 0 Å². The van der Waals surface area contributed by atoms with E-state index in [9.17, 15) is 9.90 Å². The van der Waals surface area contributed by atoms with Gasteiger partial charge >= 0.3 is 6.03 Å². The zero-order chi connectivity index (χ0) is 13.8. The Hall–Kier alpha value is -1.26. The van der Waals surface area contributed by atoms with Crippen LogP contribution in [-0.2, 0) is 0 Å². The summed E-state index contributed by atoms with van der Waals surface area (Å²) < 4.78 is 0. The van der Waals surface area contributed by atoms with E-state index in [0.29, 0.717) is 17.1 Å². The van der Waals surface area contributed by atoms with Gasteiger partial charge in [0.25, 0.3) is 0 Å². The summed E-state index contributed by atoms with van der Waals surface area (Å²) in [7, 11) is 0. The molecule has 5 heteroatoms. The molecule has 0 aliphatic rings. The molecule has 0 aromatic heterocycles. The number of amides is 2. The topological polar surface area (TPSA) is 61.4 Å². The van der Waals surface area contributed by atoms with Gasteiger partial charge in [-0.05, 0) is 38.0 Å².